The highest BCUT2D eigenvalue weighted by molar-refractivity contribution is 5.93. The highest BCUT2D eigenvalue weighted by Crippen LogP contribution is 2.60. The van der Waals surface area contributed by atoms with E-state index in [1.807, 2.05) is 0 Å². The fourth-order valence-electron chi connectivity index (χ4n) is 5.85. The van der Waals surface area contributed by atoms with E-state index in [2.05, 4.69) is 0 Å². The van der Waals surface area contributed by atoms with E-state index in [-0.39, 0.29) is 6.42 Å². The normalized spacial score (nSPS) is 36.2. The summed E-state index contributed by atoms with van der Waals surface area (Å²) in [6.45, 7) is 1.72. The number of hydrogen-bond acceptors (Lipinski definition) is 8. The van der Waals surface area contributed by atoms with Crippen LogP contribution in [0.4, 0.5) is 0 Å². The van der Waals surface area contributed by atoms with Gasteiger partial charge in [0.05, 0.1) is 38.1 Å². The topological polar surface area (TPSA) is 104 Å². The van der Waals surface area contributed by atoms with Gasteiger partial charge in [-0.05, 0) is 38.7 Å². The molecule has 1 unspecified atom stereocenters. The van der Waals surface area contributed by atoms with Crippen molar-refractivity contribution in [2.24, 2.45) is 0 Å². The Morgan fingerprint density at radius 1 is 1.16 bits per heavy atom. The second-order valence-corrected chi connectivity index (χ2v) is 8.67. The van der Waals surface area contributed by atoms with Crippen LogP contribution in [-0.2, 0) is 30.4 Å². The molecule has 0 spiro atoms. The Kier molecular flexibility index (Phi) is 4.64. The van der Waals surface area contributed by atoms with E-state index in [9.17, 15) is 15.0 Å². The van der Waals surface area contributed by atoms with E-state index in [4.69, 9.17) is 23.7 Å². The number of ether oxygens (including phenoxy) is 5. The van der Waals surface area contributed by atoms with Crippen LogP contribution < -0.4 is 9.47 Å². The van der Waals surface area contributed by atoms with Crippen molar-refractivity contribution in [1.29, 1.82) is 0 Å². The molecule has 1 saturated heterocycles. The fraction of sp³-hybridized carbons (Fsp3) is 0.609. The summed E-state index contributed by atoms with van der Waals surface area (Å²) in [6, 6.07) is 1.74. The number of esters is 1. The van der Waals surface area contributed by atoms with Crippen LogP contribution >= 0.6 is 0 Å². The third-order valence-corrected chi connectivity index (χ3v) is 7.35. The van der Waals surface area contributed by atoms with Crippen LogP contribution in [0.25, 0.3) is 0 Å². The molecule has 2 aliphatic carbocycles. The number of aliphatic hydroxyl groups is 2. The van der Waals surface area contributed by atoms with E-state index in [0.717, 1.165) is 18.4 Å². The van der Waals surface area contributed by atoms with E-state index in [0.29, 0.717) is 46.6 Å². The number of benzene rings is 1. The summed E-state index contributed by atoms with van der Waals surface area (Å²) >= 11 is 0. The molecule has 0 saturated carbocycles. The van der Waals surface area contributed by atoms with Crippen molar-refractivity contribution in [1.82, 2.24) is 0 Å². The zero-order valence-corrected chi connectivity index (χ0v) is 18.2. The maximum Gasteiger partial charge on any atom is 0.337 e. The molecule has 1 aromatic rings. The van der Waals surface area contributed by atoms with Gasteiger partial charge in [-0.15, -0.1) is 0 Å². The summed E-state index contributed by atoms with van der Waals surface area (Å²) in [7, 11) is 4.51. The lowest BCUT2D eigenvalue weighted by Gasteiger charge is -2.52. The second-order valence-electron chi connectivity index (χ2n) is 8.67. The van der Waals surface area contributed by atoms with Crippen LogP contribution in [0.5, 0.6) is 11.5 Å². The Balaban J connectivity index is 1.83. The van der Waals surface area contributed by atoms with Crippen molar-refractivity contribution < 1.29 is 38.7 Å². The number of rotatable bonds is 4. The third-order valence-electron chi connectivity index (χ3n) is 7.35. The molecular formula is C23H28O8. The predicted octanol–water partition coefficient (Wildman–Crippen LogP) is 2.34. The molecular weight excluding hydrogens is 404 g/mol. The molecule has 0 amide bonds. The SMILES string of the molecule is COc1cc(C2(OC)OC(=O)C3=C2CCCC3)c(OC)c2c1[C@H]1C[C@@H](O)[C@]2(O)[C@@H](C)O1. The third kappa shape index (κ3) is 2.47. The van der Waals surface area contributed by atoms with Gasteiger partial charge < -0.3 is 33.9 Å². The molecule has 0 aromatic heterocycles. The van der Waals surface area contributed by atoms with Crippen LogP contribution in [0.15, 0.2) is 17.2 Å². The summed E-state index contributed by atoms with van der Waals surface area (Å²) in [6.07, 6.45) is 1.20. The molecule has 31 heavy (non-hydrogen) atoms. The minimum atomic E-state index is -1.71. The van der Waals surface area contributed by atoms with Crippen molar-refractivity contribution in [3.63, 3.8) is 0 Å². The van der Waals surface area contributed by atoms with Gasteiger partial charge >= 0.3 is 5.97 Å². The van der Waals surface area contributed by atoms with Gasteiger partial charge in [-0.3, -0.25) is 0 Å². The molecule has 2 bridgehead atoms. The van der Waals surface area contributed by atoms with Crippen molar-refractivity contribution in [2.75, 3.05) is 21.3 Å². The summed E-state index contributed by atoms with van der Waals surface area (Å²) in [5.74, 6) is -1.09. The first kappa shape index (κ1) is 20.8. The number of hydrogen-bond donors (Lipinski definition) is 2. The van der Waals surface area contributed by atoms with Gasteiger partial charge in [0.25, 0.3) is 5.79 Å². The number of carbonyl (C=O) groups excluding carboxylic acids is 1. The van der Waals surface area contributed by atoms with E-state index in [1.54, 1.807) is 13.0 Å². The van der Waals surface area contributed by atoms with Crippen molar-refractivity contribution in [3.8, 4) is 11.5 Å². The summed E-state index contributed by atoms with van der Waals surface area (Å²) in [5, 5.41) is 22.5. The van der Waals surface area contributed by atoms with E-state index < -0.39 is 35.7 Å². The highest BCUT2D eigenvalue weighted by atomic mass is 16.7. The van der Waals surface area contributed by atoms with Gasteiger partial charge in [-0.25, -0.2) is 4.79 Å². The molecule has 3 heterocycles. The van der Waals surface area contributed by atoms with Crippen molar-refractivity contribution in [3.05, 3.63) is 33.9 Å². The minimum absolute atomic E-state index is 0.242. The average Bonchev–Trinajstić information content (AvgIpc) is 3.07. The van der Waals surface area contributed by atoms with Crippen molar-refractivity contribution in [2.45, 2.75) is 68.7 Å². The van der Waals surface area contributed by atoms with E-state index in [1.165, 1.54) is 21.3 Å². The molecule has 5 atom stereocenters. The van der Waals surface area contributed by atoms with Gasteiger partial charge in [0.2, 0.25) is 0 Å². The van der Waals surface area contributed by atoms with Gasteiger partial charge in [0.1, 0.15) is 17.1 Å². The van der Waals surface area contributed by atoms with Crippen LogP contribution in [0.2, 0.25) is 0 Å². The molecule has 168 valence electrons. The first-order chi connectivity index (χ1) is 14.8. The lowest BCUT2D eigenvalue weighted by Crippen LogP contribution is -2.58. The number of fused-ring (bicyclic) bond motifs is 2. The van der Waals surface area contributed by atoms with Gasteiger partial charge in [0, 0.05) is 35.8 Å². The highest BCUT2D eigenvalue weighted by Gasteiger charge is 2.60. The Bertz CT molecular complexity index is 970. The number of methoxy groups -OCH3 is 3. The Morgan fingerprint density at radius 2 is 1.90 bits per heavy atom. The second kappa shape index (κ2) is 6.93. The quantitative estimate of drug-likeness (QED) is 0.699. The Labute approximate surface area is 180 Å². The molecule has 3 aliphatic heterocycles. The minimum Gasteiger partial charge on any atom is -0.496 e. The summed E-state index contributed by atoms with van der Waals surface area (Å²) in [4.78, 5) is 12.8. The lowest BCUT2D eigenvalue weighted by atomic mass is 9.68. The molecule has 1 fully saturated rings. The van der Waals surface area contributed by atoms with Gasteiger partial charge in [-0.1, -0.05) is 0 Å². The number of carbonyl (C=O) groups is 1. The monoisotopic (exact) mass is 432 g/mol. The molecule has 8 heteroatoms. The predicted molar refractivity (Wildman–Crippen MR) is 108 cm³/mol. The molecule has 2 N–H and O–H groups in total. The first-order valence-electron chi connectivity index (χ1n) is 10.7. The number of cyclic esters (lactones) is 1. The zero-order valence-electron chi connectivity index (χ0n) is 18.2. The zero-order chi connectivity index (χ0) is 22.1. The molecule has 1 aromatic carbocycles. The Hall–Kier alpha value is -2.13. The molecule has 6 rings (SSSR count). The summed E-state index contributed by atoms with van der Waals surface area (Å²) < 4.78 is 29.3. The lowest BCUT2D eigenvalue weighted by molar-refractivity contribution is -0.246. The maximum absolute atomic E-state index is 12.8. The molecule has 8 nitrogen and oxygen atoms in total. The fourth-order valence-corrected chi connectivity index (χ4v) is 5.85. The van der Waals surface area contributed by atoms with Crippen LogP contribution in [0, 0.1) is 0 Å². The van der Waals surface area contributed by atoms with Crippen LogP contribution in [0.1, 0.15) is 61.8 Å². The van der Waals surface area contributed by atoms with Gasteiger partial charge in [0.15, 0.2) is 0 Å². The standard InChI is InChI=1S/C23H28O8/c1-11-22(26)17(24)10-16(30-11)18-15(27-2)9-14(20(28-3)19(18)22)23(29-4)13-8-6-5-7-12(13)21(25)31-23/h9,11,16-17,24,26H,5-8,10H2,1-4H3/t11-,16-,17-,22-,23?/m1/s1. The smallest absolute Gasteiger partial charge is 0.337 e. The Morgan fingerprint density at radius 3 is 2.55 bits per heavy atom. The van der Waals surface area contributed by atoms with Crippen molar-refractivity contribution >= 4 is 5.97 Å². The largest absolute Gasteiger partial charge is 0.496 e. The van der Waals surface area contributed by atoms with Crippen LogP contribution in [0.3, 0.4) is 0 Å². The van der Waals surface area contributed by atoms with Crippen LogP contribution in [-0.4, -0.2) is 49.7 Å². The summed E-state index contributed by atoms with van der Waals surface area (Å²) in [5.41, 5.74) is 1.20. The first-order valence-corrected chi connectivity index (χ1v) is 10.7. The number of aliphatic hydroxyl groups excluding tert-OH is 1. The van der Waals surface area contributed by atoms with E-state index >= 15 is 0 Å². The van der Waals surface area contributed by atoms with Gasteiger partial charge in [-0.2, -0.15) is 0 Å². The average molecular weight is 432 g/mol. The maximum atomic E-state index is 12.8. The molecule has 0 radical (unpaired) electrons. The molecule has 5 aliphatic rings.